The summed E-state index contributed by atoms with van der Waals surface area (Å²) >= 11 is 0. The first-order valence-electron chi connectivity index (χ1n) is 19.1. The maximum Gasteiger partial charge on any atom is 0.471 e. The molecule has 0 spiro atoms. The zero-order valence-electron chi connectivity index (χ0n) is 33.8. The van der Waals surface area contributed by atoms with Crippen molar-refractivity contribution >= 4 is 14.4 Å². The Morgan fingerprint density at radius 2 is 1.42 bits per heavy atom. The van der Waals surface area contributed by atoms with Gasteiger partial charge >= 0.3 is 12.1 Å². The molecular weight excluding hydrogens is 762 g/mol. The number of rotatable bonds is 20. The predicted molar refractivity (Wildman–Crippen MR) is 212 cm³/mol. The van der Waals surface area contributed by atoms with E-state index in [0.717, 1.165) is 16.7 Å². The highest BCUT2D eigenvalue weighted by Crippen LogP contribution is 2.50. The number of nitrogens with zero attached hydrogens (tertiary/aromatic N) is 2. The molecule has 3 aromatic rings. The van der Waals surface area contributed by atoms with E-state index in [9.17, 15) is 18.0 Å². The molecule has 1 amide bonds. The van der Waals surface area contributed by atoms with Gasteiger partial charge in [-0.15, -0.1) is 0 Å². The Morgan fingerprint density at radius 1 is 0.877 bits per heavy atom. The average Bonchev–Trinajstić information content (AvgIpc) is 3.19. The summed E-state index contributed by atoms with van der Waals surface area (Å²) in [5, 5.41) is 2.14. The van der Waals surface area contributed by atoms with Gasteiger partial charge in [-0.05, 0) is 75.1 Å². The Labute approximate surface area is 335 Å². The van der Waals surface area contributed by atoms with Crippen molar-refractivity contribution in [3.8, 4) is 11.5 Å². The Hall–Kier alpha value is -3.80. The van der Waals surface area contributed by atoms with E-state index < -0.39 is 56.7 Å². The molecule has 6 atom stereocenters. The van der Waals surface area contributed by atoms with Crippen LogP contribution in [-0.2, 0) is 33.7 Å². The van der Waals surface area contributed by atoms with E-state index >= 15 is 0 Å². The fraction of sp³-hybridized carbons (Fsp3) is 0.524. The van der Waals surface area contributed by atoms with Gasteiger partial charge in [0.15, 0.2) is 6.29 Å². The minimum absolute atomic E-state index is 0.0501. The lowest BCUT2D eigenvalue weighted by atomic mass is 9.80. The molecule has 3 aromatic carbocycles. The van der Waals surface area contributed by atoms with Gasteiger partial charge < -0.3 is 42.9 Å². The van der Waals surface area contributed by atoms with Crippen LogP contribution in [0.25, 0.3) is 4.85 Å². The summed E-state index contributed by atoms with van der Waals surface area (Å²) < 4.78 is 86.9. The van der Waals surface area contributed by atoms with Crippen LogP contribution in [0.4, 0.5) is 13.2 Å². The van der Waals surface area contributed by atoms with Gasteiger partial charge in [0.25, 0.3) is 8.53 Å². The van der Waals surface area contributed by atoms with Gasteiger partial charge in [-0.25, -0.2) is 11.2 Å². The van der Waals surface area contributed by atoms with Crippen LogP contribution in [0.1, 0.15) is 64.7 Å². The van der Waals surface area contributed by atoms with Crippen LogP contribution in [0, 0.1) is 12.5 Å². The maximum atomic E-state index is 13.9. The average molecular weight is 818 g/mol. The molecule has 4 rings (SSSR count). The first-order valence-corrected chi connectivity index (χ1v) is 20.2. The van der Waals surface area contributed by atoms with Gasteiger partial charge in [-0.1, -0.05) is 68.4 Å². The lowest BCUT2D eigenvalue weighted by molar-refractivity contribution is -0.252. The molecular formula is C42H55F3N3O8P. The van der Waals surface area contributed by atoms with Gasteiger partial charge in [0.2, 0.25) is 6.54 Å². The van der Waals surface area contributed by atoms with E-state index in [1.54, 1.807) is 14.2 Å². The lowest BCUT2D eigenvalue weighted by Gasteiger charge is -2.47. The number of benzene rings is 3. The van der Waals surface area contributed by atoms with Crippen LogP contribution in [0.3, 0.4) is 0 Å². The molecule has 11 nitrogen and oxygen atoms in total. The number of ether oxygens (including phenoxy) is 5. The first kappa shape index (κ1) is 45.9. The fourth-order valence-corrected chi connectivity index (χ4v) is 8.88. The second-order valence-corrected chi connectivity index (χ2v) is 15.5. The number of methoxy groups -OCH3 is 2. The third kappa shape index (κ3) is 11.4. The van der Waals surface area contributed by atoms with Crippen molar-refractivity contribution in [1.29, 1.82) is 0 Å². The van der Waals surface area contributed by atoms with Crippen LogP contribution in [0.15, 0.2) is 78.9 Å². The van der Waals surface area contributed by atoms with Crippen LogP contribution in [0.5, 0.6) is 11.5 Å². The fourth-order valence-electron chi connectivity index (χ4n) is 7.06. The standard InChI is InChI=1S/C42H55F3N3O8P/c1-10-36-30(6)38(56-57(54-25-24-46-7)48(28(2)3)29(4)5)37(47-40(49)42(43,44)45)39(55-36)52-26-27-53-41(31-14-12-11-13-15-31,32-16-20-34(50-8)21-17-32)33-18-22-35(51-9)23-19-33/h11-23,28-30,36-39H,10,24-27H2,1-6,8-9H3,(H,47,49). The van der Waals surface area contributed by atoms with E-state index in [0.29, 0.717) is 17.9 Å². The zero-order valence-corrected chi connectivity index (χ0v) is 34.7. The van der Waals surface area contributed by atoms with Crippen LogP contribution >= 0.6 is 8.53 Å². The summed E-state index contributed by atoms with van der Waals surface area (Å²) in [5.74, 6) is -1.33. The van der Waals surface area contributed by atoms with E-state index in [-0.39, 0.29) is 38.4 Å². The second kappa shape index (κ2) is 21.3. The van der Waals surface area contributed by atoms with Gasteiger partial charge in [-0.3, -0.25) is 4.79 Å². The van der Waals surface area contributed by atoms with E-state index in [1.165, 1.54) is 0 Å². The zero-order chi connectivity index (χ0) is 41.8. The highest BCUT2D eigenvalue weighted by Gasteiger charge is 2.51. The number of amides is 1. The Balaban J connectivity index is 1.71. The summed E-state index contributed by atoms with van der Waals surface area (Å²) in [5.41, 5.74) is 1.19. The molecule has 1 aliphatic heterocycles. The highest BCUT2D eigenvalue weighted by atomic mass is 31.2. The van der Waals surface area contributed by atoms with E-state index in [1.807, 2.05) is 125 Å². The normalized spacial score (nSPS) is 20.7. The smallest absolute Gasteiger partial charge is 0.471 e. The molecule has 0 radical (unpaired) electrons. The molecule has 0 aromatic heterocycles. The van der Waals surface area contributed by atoms with Crippen molar-refractivity contribution in [2.24, 2.45) is 5.92 Å². The monoisotopic (exact) mass is 817 g/mol. The van der Waals surface area contributed by atoms with E-state index in [4.69, 9.17) is 39.3 Å². The van der Waals surface area contributed by atoms with Gasteiger partial charge in [0.1, 0.15) is 29.7 Å². The van der Waals surface area contributed by atoms with Crippen LogP contribution in [-0.4, -0.2) is 94.0 Å². The SMILES string of the molecule is [C-]#[N+]CCOP(OC1C(C)C(CC)OC(OCCOC(c2ccccc2)(c2ccc(OC)cc2)c2ccc(OC)cc2)C1NC(=O)C(F)(F)F)N(C(C)C)C(C)C. The Bertz CT molecular complexity index is 1660. The third-order valence-corrected chi connectivity index (χ3v) is 11.9. The molecule has 1 saturated heterocycles. The molecule has 6 unspecified atom stereocenters. The minimum atomic E-state index is -5.19. The Kier molecular flexibility index (Phi) is 17.1. The number of hydrogen-bond acceptors (Lipinski definition) is 9. The molecule has 0 bridgehead atoms. The van der Waals surface area contributed by atoms with Crippen molar-refractivity contribution in [2.45, 2.75) is 96.4 Å². The molecule has 57 heavy (non-hydrogen) atoms. The first-order chi connectivity index (χ1) is 27.2. The molecule has 1 heterocycles. The van der Waals surface area contributed by atoms with Crippen molar-refractivity contribution in [3.05, 3.63) is 107 Å². The largest absolute Gasteiger partial charge is 0.497 e. The molecule has 1 aliphatic rings. The van der Waals surface area contributed by atoms with Gasteiger partial charge in [0, 0.05) is 18.0 Å². The minimum Gasteiger partial charge on any atom is -0.497 e. The van der Waals surface area contributed by atoms with Gasteiger partial charge in [-0.2, -0.15) is 13.2 Å². The topological polar surface area (TPSA) is 101 Å². The lowest BCUT2D eigenvalue weighted by Crippen LogP contribution is -2.63. The van der Waals surface area contributed by atoms with Crippen molar-refractivity contribution in [2.75, 3.05) is 40.6 Å². The van der Waals surface area contributed by atoms with Crippen molar-refractivity contribution in [3.63, 3.8) is 0 Å². The summed E-state index contributed by atoms with van der Waals surface area (Å²) in [7, 11) is 1.27. The summed E-state index contributed by atoms with van der Waals surface area (Å²) in [6.45, 7) is 18.7. The number of hydrogen-bond donors (Lipinski definition) is 1. The van der Waals surface area contributed by atoms with E-state index in [2.05, 4.69) is 10.2 Å². The third-order valence-electron chi connectivity index (χ3n) is 9.74. The molecule has 0 saturated carbocycles. The van der Waals surface area contributed by atoms with Crippen LogP contribution in [0.2, 0.25) is 0 Å². The summed E-state index contributed by atoms with van der Waals surface area (Å²) in [6.07, 6.45) is -7.59. The van der Waals surface area contributed by atoms with Crippen molar-refractivity contribution < 1.29 is 50.7 Å². The summed E-state index contributed by atoms with van der Waals surface area (Å²) in [4.78, 5) is 16.0. The predicted octanol–water partition coefficient (Wildman–Crippen LogP) is 8.51. The van der Waals surface area contributed by atoms with Crippen molar-refractivity contribution in [1.82, 2.24) is 9.99 Å². The molecule has 312 valence electrons. The number of carbonyl (C=O) groups excluding carboxylic acids is 1. The highest BCUT2D eigenvalue weighted by molar-refractivity contribution is 7.44. The molecule has 0 aliphatic carbocycles. The number of carbonyl (C=O) groups is 1. The second-order valence-electron chi connectivity index (χ2n) is 14.1. The summed E-state index contributed by atoms with van der Waals surface area (Å²) in [6, 6.07) is 23.1. The van der Waals surface area contributed by atoms with Gasteiger partial charge in [0.05, 0.1) is 39.6 Å². The van der Waals surface area contributed by atoms with Crippen LogP contribution < -0.4 is 14.8 Å². The number of halogens is 3. The number of alkyl halides is 3. The Morgan fingerprint density at radius 3 is 1.89 bits per heavy atom. The molecule has 15 heteroatoms. The number of nitrogens with one attached hydrogen (secondary N) is 1. The molecule has 1 N–H and O–H groups in total. The quantitative estimate of drug-likeness (QED) is 0.0521. The molecule has 1 fully saturated rings. The maximum absolute atomic E-state index is 13.9.